The lowest BCUT2D eigenvalue weighted by molar-refractivity contribution is -0.175. The maximum absolute atomic E-state index is 11.7. The SMILES string of the molecule is OC(CCOCC(F)(F)F)Cc1ccc(Cl)s1. The second-order valence-corrected chi connectivity index (χ2v) is 5.32. The zero-order valence-corrected chi connectivity index (χ0v) is 10.4. The third-order valence-corrected chi connectivity index (χ3v) is 3.18. The van der Waals surface area contributed by atoms with Crippen LogP contribution >= 0.6 is 22.9 Å². The summed E-state index contributed by atoms with van der Waals surface area (Å²) >= 11 is 7.05. The molecule has 0 radical (unpaired) electrons. The molecule has 17 heavy (non-hydrogen) atoms. The predicted molar refractivity (Wildman–Crippen MR) is 60.5 cm³/mol. The Hall–Kier alpha value is -0.300. The molecule has 1 heterocycles. The minimum atomic E-state index is -4.31. The van der Waals surface area contributed by atoms with Gasteiger partial charge in [-0.25, -0.2) is 0 Å². The van der Waals surface area contributed by atoms with E-state index in [0.717, 1.165) is 4.88 Å². The fourth-order valence-electron chi connectivity index (χ4n) is 1.20. The first-order valence-electron chi connectivity index (χ1n) is 4.93. The number of thiophene rings is 1. The third kappa shape index (κ3) is 6.88. The highest BCUT2D eigenvalue weighted by molar-refractivity contribution is 7.16. The van der Waals surface area contributed by atoms with Gasteiger partial charge in [0.15, 0.2) is 0 Å². The zero-order valence-electron chi connectivity index (χ0n) is 8.84. The number of rotatable bonds is 6. The summed E-state index contributed by atoms with van der Waals surface area (Å²) in [5.74, 6) is 0. The molecule has 0 saturated carbocycles. The van der Waals surface area contributed by atoms with Crippen LogP contribution in [0.4, 0.5) is 13.2 Å². The summed E-state index contributed by atoms with van der Waals surface area (Å²) in [6.45, 7) is -1.38. The van der Waals surface area contributed by atoms with Gasteiger partial charge in [0.2, 0.25) is 0 Å². The number of hydrogen-bond donors (Lipinski definition) is 1. The fraction of sp³-hybridized carbons (Fsp3) is 0.600. The molecule has 0 amide bonds. The van der Waals surface area contributed by atoms with E-state index in [1.165, 1.54) is 11.3 Å². The first-order valence-corrected chi connectivity index (χ1v) is 6.13. The Morgan fingerprint density at radius 2 is 2.12 bits per heavy atom. The molecule has 98 valence electrons. The molecule has 0 aliphatic rings. The van der Waals surface area contributed by atoms with Gasteiger partial charge in [0, 0.05) is 17.9 Å². The molecule has 1 atom stereocenters. The molecule has 0 spiro atoms. The molecular formula is C10H12ClF3O2S. The average molecular weight is 289 g/mol. The molecule has 0 bridgehead atoms. The Labute approximate surface area is 106 Å². The van der Waals surface area contributed by atoms with E-state index in [2.05, 4.69) is 4.74 Å². The second kappa shape index (κ2) is 6.58. The van der Waals surface area contributed by atoms with Crippen molar-refractivity contribution in [3.63, 3.8) is 0 Å². The Morgan fingerprint density at radius 1 is 1.41 bits per heavy atom. The fourth-order valence-corrected chi connectivity index (χ4v) is 2.36. The first-order chi connectivity index (χ1) is 7.87. The molecule has 2 nitrogen and oxygen atoms in total. The average Bonchev–Trinajstić information content (AvgIpc) is 2.57. The zero-order chi connectivity index (χ0) is 12.9. The third-order valence-electron chi connectivity index (χ3n) is 1.93. The van der Waals surface area contributed by atoms with Crippen molar-refractivity contribution in [2.75, 3.05) is 13.2 Å². The summed E-state index contributed by atoms with van der Waals surface area (Å²) in [4.78, 5) is 0.901. The minimum Gasteiger partial charge on any atom is -0.393 e. The molecule has 0 aromatic carbocycles. The number of aliphatic hydroxyl groups excluding tert-OH is 1. The number of ether oxygens (including phenoxy) is 1. The van der Waals surface area contributed by atoms with E-state index < -0.39 is 18.9 Å². The molecule has 0 aliphatic carbocycles. The van der Waals surface area contributed by atoms with Crippen LogP contribution in [0, 0.1) is 0 Å². The van der Waals surface area contributed by atoms with E-state index in [9.17, 15) is 18.3 Å². The maximum atomic E-state index is 11.7. The molecule has 1 unspecified atom stereocenters. The second-order valence-electron chi connectivity index (χ2n) is 3.52. The minimum absolute atomic E-state index is 0.111. The van der Waals surface area contributed by atoms with Gasteiger partial charge in [-0.3, -0.25) is 0 Å². The van der Waals surface area contributed by atoms with Crippen molar-refractivity contribution < 1.29 is 23.0 Å². The maximum Gasteiger partial charge on any atom is 0.411 e. The lowest BCUT2D eigenvalue weighted by Crippen LogP contribution is -2.20. The molecule has 1 aromatic rings. The van der Waals surface area contributed by atoms with E-state index in [1.54, 1.807) is 12.1 Å². The molecule has 1 rings (SSSR count). The van der Waals surface area contributed by atoms with Gasteiger partial charge < -0.3 is 9.84 Å². The smallest absolute Gasteiger partial charge is 0.393 e. The number of halogens is 4. The molecule has 1 N–H and O–H groups in total. The van der Waals surface area contributed by atoms with Crippen molar-refractivity contribution in [1.82, 2.24) is 0 Å². The van der Waals surface area contributed by atoms with Gasteiger partial charge in [-0.05, 0) is 18.6 Å². The van der Waals surface area contributed by atoms with Crippen LogP contribution in [0.25, 0.3) is 0 Å². The molecule has 0 aliphatic heterocycles. The molecule has 0 saturated heterocycles. The van der Waals surface area contributed by atoms with E-state index in [-0.39, 0.29) is 13.0 Å². The van der Waals surface area contributed by atoms with Gasteiger partial charge in [-0.2, -0.15) is 13.2 Å². The van der Waals surface area contributed by atoms with Gasteiger partial charge in [-0.15, -0.1) is 11.3 Å². The molecular weight excluding hydrogens is 277 g/mol. The van der Waals surface area contributed by atoms with Gasteiger partial charge >= 0.3 is 6.18 Å². The molecule has 1 aromatic heterocycles. The highest BCUT2D eigenvalue weighted by atomic mass is 35.5. The van der Waals surface area contributed by atoms with E-state index in [0.29, 0.717) is 10.8 Å². The predicted octanol–water partition coefficient (Wildman–Crippen LogP) is 3.27. The van der Waals surface area contributed by atoms with E-state index in [4.69, 9.17) is 11.6 Å². The van der Waals surface area contributed by atoms with Crippen molar-refractivity contribution >= 4 is 22.9 Å². The summed E-state index contributed by atoms with van der Waals surface area (Å²) in [5, 5.41) is 9.54. The normalized spacial score (nSPS) is 13.9. The quantitative estimate of drug-likeness (QED) is 0.814. The summed E-state index contributed by atoms with van der Waals surface area (Å²) in [7, 11) is 0. The topological polar surface area (TPSA) is 29.5 Å². The summed E-state index contributed by atoms with van der Waals surface area (Å²) in [5.41, 5.74) is 0. The Balaban J connectivity index is 2.15. The number of alkyl halides is 3. The van der Waals surface area contributed by atoms with Crippen LogP contribution in [0.1, 0.15) is 11.3 Å². The summed E-state index contributed by atoms with van der Waals surface area (Å²) < 4.78 is 40.2. The van der Waals surface area contributed by atoms with Crippen molar-refractivity contribution in [3.8, 4) is 0 Å². The highest BCUT2D eigenvalue weighted by Crippen LogP contribution is 2.23. The van der Waals surface area contributed by atoms with Gasteiger partial charge in [-0.1, -0.05) is 11.6 Å². The van der Waals surface area contributed by atoms with Crippen LogP contribution < -0.4 is 0 Å². The standard InChI is InChI=1S/C10H12ClF3O2S/c11-9-2-1-8(17-9)5-7(15)3-4-16-6-10(12,13)14/h1-2,7,15H,3-6H2. The van der Waals surface area contributed by atoms with Crippen LogP contribution in [0.2, 0.25) is 4.34 Å². The van der Waals surface area contributed by atoms with Crippen molar-refractivity contribution in [2.24, 2.45) is 0 Å². The number of aliphatic hydroxyl groups is 1. The molecule has 7 heteroatoms. The van der Waals surface area contributed by atoms with Gasteiger partial charge in [0.1, 0.15) is 6.61 Å². The van der Waals surface area contributed by atoms with Crippen LogP contribution in [0.3, 0.4) is 0 Å². The lowest BCUT2D eigenvalue weighted by Gasteiger charge is -2.11. The molecule has 0 fully saturated rings. The Kier molecular flexibility index (Phi) is 5.72. The van der Waals surface area contributed by atoms with Gasteiger partial charge in [0.05, 0.1) is 10.4 Å². The largest absolute Gasteiger partial charge is 0.411 e. The monoisotopic (exact) mass is 288 g/mol. The highest BCUT2D eigenvalue weighted by Gasteiger charge is 2.27. The van der Waals surface area contributed by atoms with Crippen LogP contribution in [0.15, 0.2) is 12.1 Å². The van der Waals surface area contributed by atoms with Crippen molar-refractivity contribution in [3.05, 3.63) is 21.3 Å². The summed E-state index contributed by atoms with van der Waals surface area (Å²) in [6.07, 6.45) is -4.47. The van der Waals surface area contributed by atoms with Crippen LogP contribution in [0.5, 0.6) is 0 Å². The van der Waals surface area contributed by atoms with Crippen molar-refractivity contribution in [1.29, 1.82) is 0 Å². The van der Waals surface area contributed by atoms with Gasteiger partial charge in [0.25, 0.3) is 0 Å². The van der Waals surface area contributed by atoms with Crippen molar-refractivity contribution in [2.45, 2.75) is 25.1 Å². The Bertz CT molecular complexity index is 341. The van der Waals surface area contributed by atoms with E-state index in [1.807, 2.05) is 0 Å². The van der Waals surface area contributed by atoms with Crippen LogP contribution in [-0.4, -0.2) is 30.6 Å². The first kappa shape index (κ1) is 14.8. The lowest BCUT2D eigenvalue weighted by atomic mass is 10.2. The Morgan fingerprint density at radius 3 is 2.65 bits per heavy atom. The van der Waals surface area contributed by atoms with E-state index >= 15 is 0 Å². The number of hydrogen-bond acceptors (Lipinski definition) is 3. The van der Waals surface area contributed by atoms with Crippen LogP contribution in [-0.2, 0) is 11.2 Å². The summed E-state index contributed by atoms with van der Waals surface area (Å²) in [6, 6.07) is 3.50.